The third kappa shape index (κ3) is 6.45. The number of nitrogens with zero attached hydrogens (tertiary/aromatic N) is 1. The van der Waals surface area contributed by atoms with Crippen LogP contribution in [0.2, 0.25) is 0 Å². The molecule has 3 rings (SSSR count). The fourth-order valence-electron chi connectivity index (χ4n) is 2.92. The van der Waals surface area contributed by atoms with Gasteiger partial charge in [-0.2, -0.15) is 0 Å². The van der Waals surface area contributed by atoms with Crippen LogP contribution in [0.15, 0.2) is 77.7 Å². The van der Waals surface area contributed by atoms with Crippen molar-refractivity contribution in [3.8, 4) is 5.75 Å². The molecule has 0 aliphatic carbocycles. The highest BCUT2D eigenvalue weighted by Gasteiger charge is 2.31. The van der Waals surface area contributed by atoms with Crippen molar-refractivity contribution in [2.75, 3.05) is 11.8 Å². The number of hydrogen-bond acceptors (Lipinski definition) is 4. The van der Waals surface area contributed by atoms with Gasteiger partial charge in [-0.15, -0.1) is 13.2 Å². The standard InChI is InChI=1S/C22H18F4N2O4S/c1-28(14-15-6-10-17(11-7-15)32-22(24,25)26)21(29)19-4-2-3-5-20(19)27-33(30,31)18-12-8-16(23)9-13-18/h2-13,27H,14H2,1H3. The average molecular weight is 482 g/mol. The molecular weight excluding hydrogens is 464 g/mol. The largest absolute Gasteiger partial charge is 0.573 e. The van der Waals surface area contributed by atoms with Gasteiger partial charge in [0.15, 0.2) is 0 Å². The lowest BCUT2D eigenvalue weighted by Crippen LogP contribution is -2.27. The molecule has 33 heavy (non-hydrogen) atoms. The van der Waals surface area contributed by atoms with Crippen LogP contribution in [0.3, 0.4) is 0 Å². The molecule has 0 unspecified atom stereocenters. The molecule has 0 saturated heterocycles. The molecule has 0 fully saturated rings. The molecule has 6 nitrogen and oxygen atoms in total. The van der Waals surface area contributed by atoms with Gasteiger partial charge >= 0.3 is 6.36 Å². The Morgan fingerprint density at radius 3 is 2.18 bits per heavy atom. The molecule has 3 aromatic carbocycles. The number of ether oxygens (including phenoxy) is 1. The summed E-state index contributed by atoms with van der Waals surface area (Å²) in [5.41, 5.74) is 0.611. The van der Waals surface area contributed by atoms with Crippen molar-refractivity contribution < 1.29 is 35.5 Å². The first-order valence-corrected chi connectivity index (χ1v) is 10.9. The zero-order valence-electron chi connectivity index (χ0n) is 17.1. The molecule has 174 valence electrons. The van der Waals surface area contributed by atoms with E-state index >= 15 is 0 Å². The van der Waals surface area contributed by atoms with Crippen LogP contribution in [0.5, 0.6) is 5.75 Å². The van der Waals surface area contributed by atoms with E-state index in [9.17, 15) is 30.8 Å². The number of carbonyl (C=O) groups excluding carboxylic acids is 1. The first-order valence-electron chi connectivity index (χ1n) is 9.42. The van der Waals surface area contributed by atoms with Crippen molar-refractivity contribution in [1.82, 2.24) is 4.90 Å². The molecule has 1 amide bonds. The second-order valence-electron chi connectivity index (χ2n) is 6.96. The lowest BCUT2D eigenvalue weighted by atomic mass is 10.1. The van der Waals surface area contributed by atoms with Gasteiger partial charge in [0.1, 0.15) is 11.6 Å². The number of hydrogen-bond donors (Lipinski definition) is 1. The number of halogens is 4. The molecule has 0 spiro atoms. The summed E-state index contributed by atoms with van der Waals surface area (Å²) in [6, 6.07) is 15.2. The van der Waals surface area contributed by atoms with E-state index in [4.69, 9.17) is 0 Å². The van der Waals surface area contributed by atoms with E-state index in [2.05, 4.69) is 9.46 Å². The highest BCUT2D eigenvalue weighted by Crippen LogP contribution is 2.24. The summed E-state index contributed by atoms with van der Waals surface area (Å²) in [5, 5.41) is 0. The zero-order valence-corrected chi connectivity index (χ0v) is 18.0. The van der Waals surface area contributed by atoms with Gasteiger partial charge in [-0.05, 0) is 54.1 Å². The summed E-state index contributed by atoms with van der Waals surface area (Å²) >= 11 is 0. The molecular formula is C22H18F4N2O4S. The Bertz CT molecular complexity index is 1230. The molecule has 0 radical (unpaired) electrons. The average Bonchev–Trinajstić information content (AvgIpc) is 2.74. The Labute approximate surface area is 187 Å². The lowest BCUT2D eigenvalue weighted by Gasteiger charge is -2.20. The Morgan fingerprint density at radius 1 is 0.970 bits per heavy atom. The van der Waals surface area contributed by atoms with E-state index in [-0.39, 0.29) is 28.4 Å². The SMILES string of the molecule is CN(Cc1ccc(OC(F)(F)F)cc1)C(=O)c1ccccc1NS(=O)(=O)c1ccc(F)cc1. The minimum absolute atomic E-state index is 0.0209. The Kier molecular flexibility index (Phi) is 6.92. The van der Waals surface area contributed by atoms with Crippen LogP contribution < -0.4 is 9.46 Å². The van der Waals surface area contributed by atoms with Crippen LogP contribution in [0.25, 0.3) is 0 Å². The van der Waals surface area contributed by atoms with Gasteiger partial charge < -0.3 is 9.64 Å². The van der Waals surface area contributed by atoms with Gasteiger partial charge in [0.05, 0.1) is 16.1 Å². The van der Waals surface area contributed by atoms with E-state index in [0.29, 0.717) is 5.56 Å². The summed E-state index contributed by atoms with van der Waals surface area (Å²) in [4.78, 5) is 14.1. The van der Waals surface area contributed by atoms with Crippen LogP contribution in [-0.4, -0.2) is 32.6 Å². The maximum Gasteiger partial charge on any atom is 0.573 e. The van der Waals surface area contributed by atoms with E-state index in [1.807, 2.05) is 0 Å². The summed E-state index contributed by atoms with van der Waals surface area (Å²) in [6.07, 6.45) is -4.81. The molecule has 0 saturated carbocycles. The molecule has 1 N–H and O–H groups in total. The Morgan fingerprint density at radius 2 is 1.58 bits per heavy atom. The monoisotopic (exact) mass is 482 g/mol. The van der Waals surface area contributed by atoms with Crippen molar-refractivity contribution in [3.05, 3.63) is 89.7 Å². The smallest absolute Gasteiger partial charge is 0.406 e. The minimum Gasteiger partial charge on any atom is -0.406 e. The van der Waals surface area contributed by atoms with Gasteiger partial charge in [-0.3, -0.25) is 9.52 Å². The third-order valence-electron chi connectivity index (χ3n) is 4.45. The number of nitrogens with one attached hydrogen (secondary N) is 1. The molecule has 0 aliphatic rings. The van der Waals surface area contributed by atoms with E-state index in [1.165, 1.54) is 36.2 Å². The number of rotatable bonds is 7. The highest BCUT2D eigenvalue weighted by molar-refractivity contribution is 7.92. The van der Waals surface area contributed by atoms with Crippen LogP contribution in [0, 0.1) is 5.82 Å². The van der Waals surface area contributed by atoms with E-state index in [0.717, 1.165) is 36.4 Å². The minimum atomic E-state index is -4.81. The van der Waals surface area contributed by atoms with E-state index in [1.54, 1.807) is 12.1 Å². The number of benzene rings is 3. The lowest BCUT2D eigenvalue weighted by molar-refractivity contribution is -0.274. The van der Waals surface area contributed by atoms with Crippen molar-refractivity contribution in [2.24, 2.45) is 0 Å². The van der Waals surface area contributed by atoms with Crippen LogP contribution in [0.4, 0.5) is 23.2 Å². The van der Waals surface area contributed by atoms with E-state index < -0.39 is 28.1 Å². The van der Waals surface area contributed by atoms with Gasteiger partial charge in [-0.1, -0.05) is 24.3 Å². The van der Waals surface area contributed by atoms with Crippen molar-refractivity contribution in [3.63, 3.8) is 0 Å². The predicted octanol–water partition coefficient (Wildman–Crippen LogP) is 4.80. The summed E-state index contributed by atoms with van der Waals surface area (Å²) in [6.45, 7) is 0.0458. The van der Waals surface area contributed by atoms with Gasteiger partial charge in [0.2, 0.25) is 0 Å². The molecule has 3 aromatic rings. The fraction of sp³-hybridized carbons (Fsp3) is 0.136. The van der Waals surface area contributed by atoms with Crippen molar-refractivity contribution in [2.45, 2.75) is 17.8 Å². The van der Waals surface area contributed by atoms with Crippen molar-refractivity contribution >= 4 is 21.6 Å². The first-order chi connectivity index (χ1) is 15.4. The number of alkyl halides is 3. The van der Waals surface area contributed by atoms with Gasteiger partial charge in [0, 0.05) is 13.6 Å². The summed E-state index contributed by atoms with van der Waals surface area (Å²) in [7, 11) is -2.62. The first kappa shape index (κ1) is 24.1. The van der Waals surface area contributed by atoms with Crippen LogP contribution >= 0.6 is 0 Å². The second kappa shape index (κ2) is 9.49. The summed E-state index contributed by atoms with van der Waals surface area (Å²) in [5.74, 6) is -1.51. The Balaban J connectivity index is 1.76. The maximum absolute atomic E-state index is 13.1. The molecule has 0 aliphatic heterocycles. The molecule has 11 heteroatoms. The Hall–Kier alpha value is -3.60. The quantitative estimate of drug-likeness (QED) is 0.491. The summed E-state index contributed by atoms with van der Waals surface area (Å²) < 4.78 is 81.4. The molecule has 0 bridgehead atoms. The second-order valence-corrected chi connectivity index (χ2v) is 8.64. The van der Waals surface area contributed by atoms with Crippen LogP contribution in [-0.2, 0) is 16.6 Å². The fourth-order valence-corrected chi connectivity index (χ4v) is 4.00. The number of anilines is 1. The number of sulfonamides is 1. The van der Waals surface area contributed by atoms with Crippen LogP contribution in [0.1, 0.15) is 15.9 Å². The zero-order chi connectivity index (χ0) is 24.2. The topological polar surface area (TPSA) is 75.7 Å². The maximum atomic E-state index is 13.1. The normalized spacial score (nSPS) is 11.7. The molecule has 0 aromatic heterocycles. The third-order valence-corrected chi connectivity index (χ3v) is 5.83. The highest BCUT2D eigenvalue weighted by atomic mass is 32.2. The molecule has 0 atom stereocenters. The predicted molar refractivity (Wildman–Crippen MR) is 113 cm³/mol. The number of carbonyl (C=O) groups is 1. The van der Waals surface area contributed by atoms with Gasteiger partial charge in [-0.25, -0.2) is 12.8 Å². The van der Waals surface area contributed by atoms with Crippen molar-refractivity contribution in [1.29, 1.82) is 0 Å². The number of amides is 1. The number of para-hydroxylation sites is 1. The molecule has 0 heterocycles. The van der Waals surface area contributed by atoms with Gasteiger partial charge in [0.25, 0.3) is 15.9 Å².